The fraction of sp³-hybridized carbons (Fsp3) is 0.286. The zero-order valence-electron chi connectivity index (χ0n) is 5.87. The molecule has 1 rings (SSSR count). The monoisotopic (exact) mass is 138 g/mol. The minimum atomic E-state index is 0.430. The average molecular weight is 138 g/mol. The van der Waals surface area contributed by atoms with E-state index >= 15 is 0 Å². The Bertz CT molecular complexity index is 213. The third kappa shape index (κ3) is 1.52. The molecule has 0 spiro atoms. The molecule has 0 aliphatic heterocycles. The first kappa shape index (κ1) is 7.18. The molecule has 3 heteroatoms. The molecule has 10 heavy (non-hydrogen) atoms. The number of hydrogen-bond donors (Lipinski definition) is 1. The summed E-state index contributed by atoms with van der Waals surface area (Å²) in [5.41, 5.74) is 2.00. The molecule has 0 bridgehead atoms. The first-order valence-corrected chi connectivity index (χ1v) is 3.07. The molecule has 0 saturated heterocycles. The van der Waals surface area contributed by atoms with Crippen LogP contribution in [0.25, 0.3) is 0 Å². The van der Waals surface area contributed by atoms with Crippen molar-refractivity contribution in [1.82, 2.24) is 4.98 Å². The summed E-state index contributed by atoms with van der Waals surface area (Å²) < 4.78 is 0. The van der Waals surface area contributed by atoms with E-state index in [4.69, 9.17) is 5.90 Å². The van der Waals surface area contributed by atoms with E-state index in [2.05, 4.69) is 9.82 Å². The van der Waals surface area contributed by atoms with E-state index in [0.717, 1.165) is 11.3 Å². The molecule has 0 atom stereocenters. The summed E-state index contributed by atoms with van der Waals surface area (Å²) in [5, 5.41) is 0. The van der Waals surface area contributed by atoms with Gasteiger partial charge in [-0.25, -0.2) is 5.90 Å². The maximum atomic E-state index is 4.90. The lowest BCUT2D eigenvalue weighted by Crippen LogP contribution is -2.01. The minimum absolute atomic E-state index is 0.430. The Morgan fingerprint density at radius 2 is 2.50 bits per heavy atom. The summed E-state index contributed by atoms with van der Waals surface area (Å²) in [6, 6.07) is 3.80. The highest BCUT2D eigenvalue weighted by Gasteiger charge is 1.94. The summed E-state index contributed by atoms with van der Waals surface area (Å²) in [7, 11) is 0. The zero-order chi connectivity index (χ0) is 7.40. The molecule has 1 aromatic rings. The Morgan fingerprint density at radius 1 is 1.70 bits per heavy atom. The summed E-state index contributed by atoms with van der Waals surface area (Å²) in [6.45, 7) is 2.36. The van der Waals surface area contributed by atoms with Crippen LogP contribution >= 0.6 is 0 Å². The lowest BCUT2D eigenvalue weighted by molar-refractivity contribution is 0.123. The normalized spacial score (nSPS) is 9.80. The van der Waals surface area contributed by atoms with E-state index in [-0.39, 0.29) is 0 Å². The van der Waals surface area contributed by atoms with Crippen molar-refractivity contribution >= 4 is 0 Å². The van der Waals surface area contributed by atoms with Crippen LogP contribution in [0.15, 0.2) is 18.3 Å². The van der Waals surface area contributed by atoms with Crippen LogP contribution in [-0.2, 0) is 11.4 Å². The molecule has 0 unspecified atom stereocenters. The van der Waals surface area contributed by atoms with Gasteiger partial charge in [-0.05, 0) is 13.0 Å². The van der Waals surface area contributed by atoms with Gasteiger partial charge in [0.2, 0.25) is 0 Å². The van der Waals surface area contributed by atoms with Crippen LogP contribution < -0.4 is 5.90 Å². The fourth-order valence-corrected chi connectivity index (χ4v) is 0.760. The highest BCUT2D eigenvalue weighted by atomic mass is 16.6. The maximum Gasteiger partial charge on any atom is 0.0947 e. The summed E-state index contributed by atoms with van der Waals surface area (Å²) in [5.74, 6) is 4.90. The third-order valence-corrected chi connectivity index (χ3v) is 1.36. The Hall–Kier alpha value is -0.930. The molecule has 54 valence electrons. The van der Waals surface area contributed by atoms with E-state index < -0.39 is 0 Å². The molecule has 0 saturated carbocycles. The third-order valence-electron chi connectivity index (χ3n) is 1.36. The van der Waals surface area contributed by atoms with E-state index in [1.807, 2.05) is 19.1 Å². The topological polar surface area (TPSA) is 48.1 Å². The highest BCUT2D eigenvalue weighted by Crippen LogP contribution is 2.02. The van der Waals surface area contributed by atoms with Crippen molar-refractivity contribution in [3.05, 3.63) is 29.6 Å². The van der Waals surface area contributed by atoms with Crippen LogP contribution in [0, 0.1) is 6.92 Å². The second-order valence-corrected chi connectivity index (χ2v) is 2.06. The van der Waals surface area contributed by atoms with Gasteiger partial charge in [-0.2, -0.15) is 0 Å². The smallest absolute Gasteiger partial charge is 0.0947 e. The van der Waals surface area contributed by atoms with Crippen molar-refractivity contribution < 1.29 is 4.84 Å². The van der Waals surface area contributed by atoms with Gasteiger partial charge in [0.15, 0.2) is 0 Å². The molecule has 0 radical (unpaired) electrons. The second kappa shape index (κ2) is 3.29. The number of hydrogen-bond acceptors (Lipinski definition) is 3. The number of aryl methyl sites for hydroxylation is 1. The summed E-state index contributed by atoms with van der Waals surface area (Å²) in [6.07, 6.45) is 1.75. The summed E-state index contributed by atoms with van der Waals surface area (Å²) >= 11 is 0. The van der Waals surface area contributed by atoms with Gasteiger partial charge in [-0.1, -0.05) is 6.07 Å². The Kier molecular flexibility index (Phi) is 2.36. The number of pyridine rings is 1. The number of nitrogens with zero attached hydrogens (tertiary/aromatic N) is 1. The average Bonchev–Trinajstić information content (AvgIpc) is 1.94. The van der Waals surface area contributed by atoms with E-state index in [0.29, 0.717) is 6.61 Å². The van der Waals surface area contributed by atoms with E-state index in [9.17, 15) is 0 Å². The molecule has 0 amide bonds. The van der Waals surface area contributed by atoms with Crippen molar-refractivity contribution in [3.8, 4) is 0 Å². The predicted molar refractivity (Wildman–Crippen MR) is 38.0 cm³/mol. The quantitative estimate of drug-likeness (QED) is 0.614. The van der Waals surface area contributed by atoms with Gasteiger partial charge in [-0.3, -0.25) is 9.82 Å². The molecule has 1 heterocycles. The van der Waals surface area contributed by atoms with Gasteiger partial charge < -0.3 is 0 Å². The first-order valence-electron chi connectivity index (χ1n) is 3.07. The van der Waals surface area contributed by atoms with Crippen molar-refractivity contribution in [1.29, 1.82) is 0 Å². The maximum absolute atomic E-state index is 4.90. The van der Waals surface area contributed by atoms with Crippen LogP contribution in [0.1, 0.15) is 11.3 Å². The predicted octanol–water partition coefficient (Wildman–Crippen LogP) is 0.780. The molecule has 0 aliphatic rings. The van der Waals surface area contributed by atoms with Crippen molar-refractivity contribution in [2.24, 2.45) is 5.90 Å². The first-order chi connectivity index (χ1) is 4.84. The van der Waals surface area contributed by atoms with Crippen LogP contribution in [0.2, 0.25) is 0 Å². The van der Waals surface area contributed by atoms with Crippen molar-refractivity contribution in [2.75, 3.05) is 0 Å². The molecule has 0 fully saturated rings. The second-order valence-electron chi connectivity index (χ2n) is 2.06. The highest BCUT2D eigenvalue weighted by molar-refractivity contribution is 5.16. The van der Waals surface area contributed by atoms with Gasteiger partial charge in [0.25, 0.3) is 0 Å². The molecular formula is C7H10N2O. The number of rotatable bonds is 2. The molecule has 0 aliphatic carbocycles. The Balaban J connectivity index is 2.81. The van der Waals surface area contributed by atoms with Gasteiger partial charge >= 0.3 is 0 Å². The van der Waals surface area contributed by atoms with Crippen molar-refractivity contribution in [3.63, 3.8) is 0 Å². The summed E-state index contributed by atoms with van der Waals surface area (Å²) in [4.78, 5) is 8.53. The Labute approximate surface area is 59.8 Å². The number of aromatic nitrogens is 1. The molecule has 1 aromatic heterocycles. The van der Waals surface area contributed by atoms with Gasteiger partial charge in [0.1, 0.15) is 0 Å². The zero-order valence-corrected chi connectivity index (χ0v) is 5.87. The van der Waals surface area contributed by atoms with Crippen molar-refractivity contribution in [2.45, 2.75) is 13.5 Å². The standard InChI is InChI=1S/C7H10N2O/c1-6-7(5-10-8)3-2-4-9-6/h2-4H,5,8H2,1H3. The van der Waals surface area contributed by atoms with Crippen LogP contribution in [0.4, 0.5) is 0 Å². The van der Waals surface area contributed by atoms with Crippen LogP contribution in [-0.4, -0.2) is 4.98 Å². The lowest BCUT2D eigenvalue weighted by atomic mass is 10.2. The van der Waals surface area contributed by atoms with Crippen LogP contribution in [0.5, 0.6) is 0 Å². The molecular weight excluding hydrogens is 128 g/mol. The fourth-order valence-electron chi connectivity index (χ4n) is 0.760. The van der Waals surface area contributed by atoms with Gasteiger partial charge in [0, 0.05) is 17.5 Å². The van der Waals surface area contributed by atoms with Crippen LogP contribution in [0.3, 0.4) is 0 Å². The lowest BCUT2D eigenvalue weighted by Gasteiger charge is -2.00. The minimum Gasteiger partial charge on any atom is -0.300 e. The van der Waals surface area contributed by atoms with Gasteiger partial charge in [-0.15, -0.1) is 0 Å². The largest absolute Gasteiger partial charge is 0.300 e. The molecule has 3 nitrogen and oxygen atoms in total. The van der Waals surface area contributed by atoms with E-state index in [1.165, 1.54) is 0 Å². The Morgan fingerprint density at radius 3 is 3.10 bits per heavy atom. The molecule has 2 N–H and O–H groups in total. The SMILES string of the molecule is Cc1ncccc1CON. The molecule has 0 aromatic carbocycles. The van der Waals surface area contributed by atoms with E-state index in [1.54, 1.807) is 6.20 Å². The number of nitrogens with two attached hydrogens (primary N) is 1. The van der Waals surface area contributed by atoms with Gasteiger partial charge in [0.05, 0.1) is 6.61 Å².